The van der Waals surface area contributed by atoms with Gasteiger partial charge >= 0.3 is 36.7 Å². The number of hydrogen-bond acceptors (Lipinski definition) is 0. The van der Waals surface area contributed by atoms with Gasteiger partial charge in [0.05, 0.1) is 0 Å². The third kappa shape index (κ3) is 4.22. The van der Waals surface area contributed by atoms with E-state index in [1.807, 2.05) is 0 Å². The molecule has 0 aliphatic rings. The van der Waals surface area contributed by atoms with Crippen molar-refractivity contribution in [1.82, 2.24) is 0 Å². The predicted molar refractivity (Wildman–Crippen MR) is 33.5 cm³/mol. The monoisotopic (exact) mass is 84.0 g/mol. The van der Waals surface area contributed by atoms with Crippen LogP contribution in [0, 0.1) is 0 Å². The van der Waals surface area contributed by atoms with Crippen molar-refractivity contribution in [2.75, 3.05) is 0 Å². The van der Waals surface area contributed by atoms with Crippen molar-refractivity contribution in [2.24, 2.45) is 0 Å². The summed E-state index contributed by atoms with van der Waals surface area (Å²) in [6, 6.07) is 2.06. The van der Waals surface area contributed by atoms with Crippen molar-refractivity contribution in [3.63, 3.8) is 0 Å². The van der Waals surface area contributed by atoms with Crippen molar-refractivity contribution < 1.29 is 0 Å². The first-order valence-electron chi connectivity index (χ1n) is 1.64. The van der Waals surface area contributed by atoms with E-state index < -0.39 is 0 Å². The Bertz CT molecular complexity index is 54.7. The summed E-state index contributed by atoms with van der Waals surface area (Å²) in [6.07, 6.45) is 0. The van der Waals surface area contributed by atoms with Gasteiger partial charge in [-0.1, -0.05) is 0 Å². The Morgan fingerprint density at radius 1 is 2.00 bits per heavy atom. The minimum absolute atomic E-state index is 1.12. The van der Waals surface area contributed by atoms with Gasteiger partial charge in [0.15, 0.2) is 0 Å². The summed E-state index contributed by atoms with van der Waals surface area (Å²) in [5.41, 5.74) is 0. The van der Waals surface area contributed by atoms with Crippen LogP contribution in [0.1, 0.15) is 0 Å². The second kappa shape index (κ2) is 4.22. The van der Waals surface area contributed by atoms with E-state index in [1.54, 1.807) is 0 Å². The Hall–Kier alpha value is 0.220. The van der Waals surface area contributed by atoms with Gasteiger partial charge in [0.2, 0.25) is 0 Å². The Balaban J connectivity index is 2.93. The third-order valence-corrected chi connectivity index (χ3v) is 0.854. The predicted octanol–water partition coefficient (Wildman–Crippen LogP) is 0.170. The second-order valence-corrected chi connectivity index (χ2v) is 1.41. The van der Waals surface area contributed by atoms with Gasteiger partial charge in [-0.3, -0.25) is 0 Å². The Morgan fingerprint density at radius 3 is 2.60 bits per heavy atom. The van der Waals surface area contributed by atoms with Crippen LogP contribution < -0.4 is 0 Å². The van der Waals surface area contributed by atoms with Crippen LogP contribution in [0.25, 0.3) is 0 Å². The Kier molecular flexibility index (Phi) is 4.41. The van der Waals surface area contributed by atoms with Crippen LogP contribution in [0.4, 0.5) is 0 Å². The van der Waals surface area contributed by atoms with E-state index in [4.69, 9.17) is 0 Å². The van der Waals surface area contributed by atoms with E-state index in [-0.39, 0.29) is 0 Å². The summed E-state index contributed by atoms with van der Waals surface area (Å²) in [6.45, 7) is 2.10. The summed E-state index contributed by atoms with van der Waals surface area (Å²) < 4.78 is 0. The normalized spacial score (nSPS) is 5.00. The quantitative estimate of drug-likeness (QED) is 0.313. The zero-order valence-electron chi connectivity index (χ0n) is 3.40. The molecule has 0 heterocycles. The molecule has 0 fully saturated rings. The molecular formula is C2H6B2S. The fraction of sp³-hybridized carbons (Fsp3) is 0.500. The molecule has 0 aromatic carbocycles. The Morgan fingerprint density at radius 2 is 2.60 bits per heavy atom. The number of rotatable bonds is 1. The van der Waals surface area contributed by atoms with E-state index in [2.05, 4.69) is 18.7 Å². The van der Waals surface area contributed by atoms with E-state index in [0.717, 1.165) is 7.17 Å². The third-order valence-electron chi connectivity index (χ3n) is 0.285. The second-order valence-electron chi connectivity index (χ2n) is 0.742. The molecule has 0 unspecified atom stereocenters. The van der Waals surface area contributed by atoms with Crippen LogP contribution in [0.15, 0.2) is 0 Å². The van der Waals surface area contributed by atoms with Gasteiger partial charge in [0.25, 0.3) is 0 Å². The van der Waals surface area contributed by atoms with Crippen molar-refractivity contribution >= 4 is 29.9 Å². The molecule has 0 saturated carbocycles. The zero-order valence-corrected chi connectivity index (χ0v) is 4.22. The van der Waals surface area contributed by atoms with Gasteiger partial charge in [-0.25, -0.2) is 0 Å². The van der Waals surface area contributed by atoms with E-state index in [0.29, 0.717) is 0 Å². The molecule has 0 aromatic heterocycles. The molecule has 0 amide bonds. The molecule has 0 rings (SSSR count). The summed E-state index contributed by atoms with van der Waals surface area (Å²) in [5.74, 6) is 3.54. The average Bonchev–Trinajstić information content (AvgIpc) is 1.41. The van der Waals surface area contributed by atoms with Gasteiger partial charge in [-0.15, -0.1) is 0 Å². The standard InChI is InChI=1S/C2H6B2S/c1-3-4-5-2/h3H,2H2,1H3. The summed E-state index contributed by atoms with van der Waals surface area (Å²) >= 11 is 0. The van der Waals surface area contributed by atoms with Crippen molar-refractivity contribution in [3.05, 3.63) is 0 Å². The van der Waals surface area contributed by atoms with E-state index in [9.17, 15) is 0 Å². The van der Waals surface area contributed by atoms with Gasteiger partial charge in [0, 0.05) is 0 Å². The fourth-order valence-corrected chi connectivity index (χ4v) is 0.354. The minimum atomic E-state index is 1.12. The van der Waals surface area contributed by atoms with Crippen molar-refractivity contribution in [1.29, 1.82) is 0 Å². The number of hydrogen-bond donors (Lipinski definition) is 0. The van der Waals surface area contributed by atoms with Crippen LogP contribution in [-0.2, 0) is 0 Å². The van der Waals surface area contributed by atoms with Crippen LogP contribution in [0.2, 0.25) is 6.82 Å². The molecule has 26 valence electrons. The molecule has 0 radical (unpaired) electrons. The maximum absolute atomic E-state index is 3.54. The van der Waals surface area contributed by atoms with Gasteiger partial charge < -0.3 is 0 Å². The first kappa shape index (κ1) is 5.22. The van der Waals surface area contributed by atoms with Crippen molar-refractivity contribution in [3.8, 4) is 0 Å². The summed E-state index contributed by atoms with van der Waals surface area (Å²) in [7, 11) is 2.65. The average molecular weight is 83.8 g/mol. The van der Waals surface area contributed by atoms with Crippen LogP contribution >= 0.6 is 10.8 Å². The molecule has 0 atom stereocenters. The van der Waals surface area contributed by atoms with E-state index >= 15 is 0 Å². The van der Waals surface area contributed by atoms with Gasteiger partial charge in [0.1, 0.15) is 0 Å². The maximum atomic E-state index is 3.54. The molecule has 0 nitrogen and oxygen atoms in total. The van der Waals surface area contributed by atoms with Crippen LogP contribution in [0.5, 0.6) is 0 Å². The SMILES string of the molecule is C=S=BBC. The summed E-state index contributed by atoms with van der Waals surface area (Å²) in [4.78, 5) is 0. The summed E-state index contributed by atoms with van der Waals surface area (Å²) in [5, 5.41) is 0. The topological polar surface area (TPSA) is 0 Å². The molecule has 3 heteroatoms. The molecule has 0 saturated heterocycles. The first-order chi connectivity index (χ1) is 2.41. The Labute approximate surface area is 37.5 Å². The van der Waals surface area contributed by atoms with E-state index in [1.165, 1.54) is 10.8 Å². The van der Waals surface area contributed by atoms with Gasteiger partial charge in [-0.2, -0.15) is 0 Å². The molecular weight excluding hydrogens is 77.7 g/mol. The van der Waals surface area contributed by atoms with Gasteiger partial charge in [-0.05, 0) is 0 Å². The molecule has 5 heavy (non-hydrogen) atoms. The molecule has 0 N–H and O–H groups in total. The van der Waals surface area contributed by atoms with Crippen LogP contribution in [0.3, 0.4) is 0 Å². The molecule has 0 aliphatic heterocycles. The zero-order chi connectivity index (χ0) is 4.12. The fourth-order valence-electron chi connectivity index (χ4n) is 0.118. The molecule has 0 aliphatic carbocycles. The molecule has 0 aromatic rings. The molecule has 0 spiro atoms. The molecule has 0 bridgehead atoms. The first-order valence-corrected chi connectivity index (χ1v) is 2.69. The van der Waals surface area contributed by atoms with Crippen molar-refractivity contribution in [2.45, 2.75) is 6.82 Å². The van der Waals surface area contributed by atoms with Crippen LogP contribution in [-0.4, -0.2) is 19.1 Å².